The van der Waals surface area contributed by atoms with Crippen LogP contribution in [0.1, 0.15) is 6.92 Å². The zero-order valence-electron chi connectivity index (χ0n) is 10.9. The largest absolute Gasteiger partial charge is 0.764 e. The molecule has 0 aromatic carbocycles. The third kappa shape index (κ3) is 5.86. The summed E-state index contributed by atoms with van der Waals surface area (Å²) < 4.78 is 19.6. The van der Waals surface area contributed by atoms with Crippen molar-refractivity contribution in [3.8, 4) is 0 Å². The third-order valence-corrected chi connectivity index (χ3v) is 3.39. The number of nitrogens with two attached hydrogens (primary N) is 2. The van der Waals surface area contributed by atoms with Gasteiger partial charge in [0.1, 0.15) is 0 Å². The highest BCUT2D eigenvalue weighted by atomic mass is 28.4. The highest BCUT2D eigenvalue weighted by Crippen LogP contribution is 2.13. The van der Waals surface area contributed by atoms with Gasteiger partial charge in [-0.2, -0.15) is 13.7 Å². The van der Waals surface area contributed by atoms with Crippen molar-refractivity contribution < 1.29 is 32.8 Å². The summed E-state index contributed by atoms with van der Waals surface area (Å²) >= 11 is 0. The van der Waals surface area contributed by atoms with Crippen LogP contribution in [0.3, 0.4) is 0 Å². The minimum absolute atomic E-state index is 0.0293. The van der Waals surface area contributed by atoms with Gasteiger partial charge < -0.3 is 15.9 Å². The van der Waals surface area contributed by atoms with Gasteiger partial charge in [0.2, 0.25) is 0 Å². The molecule has 108 valence electrons. The van der Waals surface area contributed by atoms with E-state index in [4.69, 9.17) is 29.6 Å². The van der Waals surface area contributed by atoms with E-state index in [9.17, 15) is 0 Å². The van der Waals surface area contributed by atoms with Gasteiger partial charge >= 0.3 is 9.05 Å². The Hall–Kier alpha value is -0.563. The van der Waals surface area contributed by atoms with Gasteiger partial charge in [-0.15, -0.1) is 0 Å². The zero-order chi connectivity index (χ0) is 14.0. The molecule has 0 rings (SSSR count). The molecule has 0 bridgehead atoms. The van der Waals surface area contributed by atoms with Gasteiger partial charge in [0, 0.05) is 5.70 Å². The first-order valence-electron chi connectivity index (χ1n) is 5.01. The third-order valence-electron chi connectivity index (χ3n) is 1.76. The number of hydrogen-bond donors (Lipinski definition) is 2. The lowest BCUT2D eigenvalue weighted by Gasteiger charge is -2.24. The first-order valence-corrected chi connectivity index (χ1v) is 6.65. The summed E-state index contributed by atoms with van der Waals surface area (Å²) in [5, 5.41) is 0. The topological polar surface area (TPSA) is 117 Å². The van der Waals surface area contributed by atoms with E-state index in [0.717, 1.165) is 0 Å². The molecule has 0 radical (unpaired) electrons. The summed E-state index contributed by atoms with van der Waals surface area (Å²) in [4.78, 5) is 13.4. The van der Waals surface area contributed by atoms with E-state index in [-0.39, 0.29) is 6.61 Å². The normalized spacial score (nSPS) is 14.8. The van der Waals surface area contributed by atoms with Crippen LogP contribution in [0.5, 0.6) is 0 Å². The van der Waals surface area contributed by atoms with E-state index in [0.29, 0.717) is 5.70 Å². The van der Waals surface area contributed by atoms with E-state index in [1.54, 1.807) is 13.0 Å². The SMILES string of the molecule is CC=C(N)C(N)CO[Si](OOC)(OOC)OOC. The van der Waals surface area contributed by atoms with E-state index in [1.165, 1.54) is 21.3 Å². The fourth-order valence-electron chi connectivity index (χ4n) is 0.922. The van der Waals surface area contributed by atoms with Gasteiger partial charge in [-0.1, -0.05) is 6.08 Å². The summed E-state index contributed by atoms with van der Waals surface area (Å²) in [6.45, 7) is 1.72. The predicted octanol–water partition coefficient (Wildman–Crippen LogP) is -0.638. The molecule has 0 saturated carbocycles. The molecule has 1 unspecified atom stereocenters. The molecule has 1 atom stereocenters. The van der Waals surface area contributed by atoms with Crippen molar-refractivity contribution in [1.29, 1.82) is 0 Å². The Bertz CT molecular complexity index is 237. The van der Waals surface area contributed by atoms with Crippen LogP contribution in [0.4, 0.5) is 0 Å². The lowest BCUT2D eigenvalue weighted by molar-refractivity contribution is -0.370. The average molecular weight is 284 g/mol. The van der Waals surface area contributed by atoms with Crippen molar-refractivity contribution in [3.05, 3.63) is 11.8 Å². The Labute approximate surface area is 107 Å². The molecule has 0 amide bonds. The van der Waals surface area contributed by atoms with Crippen LogP contribution in [-0.2, 0) is 32.8 Å². The van der Waals surface area contributed by atoms with Crippen LogP contribution in [0, 0.1) is 0 Å². The molecule has 0 aromatic heterocycles. The summed E-state index contributed by atoms with van der Waals surface area (Å²) in [5.74, 6) is 0. The van der Waals surface area contributed by atoms with Gasteiger partial charge in [-0.3, -0.25) is 0 Å². The van der Waals surface area contributed by atoms with Crippen LogP contribution < -0.4 is 11.5 Å². The molecule has 0 fully saturated rings. The molecule has 18 heavy (non-hydrogen) atoms. The second-order valence-corrected chi connectivity index (χ2v) is 4.74. The summed E-state index contributed by atoms with van der Waals surface area (Å²) in [5.41, 5.74) is 11.8. The second-order valence-electron chi connectivity index (χ2n) is 2.96. The molecular formula is C8H20N2O7Si. The standard InChI is InChI=1S/C8H20N2O7Si/c1-5-7(9)8(10)6-14-18(15-11-2,16-12-3)17-13-4/h5,8H,6,9-10H2,1-4H3. The molecule has 0 aromatic rings. The quantitative estimate of drug-likeness (QED) is 0.307. The molecule has 10 heteroatoms. The Morgan fingerprint density at radius 2 is 1.56 bits per heavy atom. The fraction of sp³-hybridized carbons (Fsp3) is 0.750. The molecule has 0 aliphatic rings. The maximum absolute atomic E-state index is 5.74. The smallest absolute Gasteiger partial charge is 0.401 e. The molecule has 9 nitrogen and oxygen atoms in total. The van der Waals surface area contributed by atoms with E-state index in [1.807, 2.05) is 0 Å². The molecule has 0 heterocycles. The van der Waals surface area contributed by atoms with Crippen LogP contribution in [0.15, 0.2) is 11.8 Å². The van der Waals surface area contributed by atoms with Gasteiger partial charge in [0.05, 0.1) is 34.0 Å². The molecule has 4 N–H and O–H groups in total. The second kappa shape index (κ2) is 9.38. The monoisotopic (exact) mass is 284 g/mol. The van der Waals surface area contributed by atoms with Crippen molar-refractivity contribution in [2.24, 2.45) is 11.5 Å². The van der Waals surface area contributed by atoms with Crippen molar-refractivity contribution >= 4 is 9.05 Å². The Morgan fingerprint density at radius 3 is 1.89 bits per heavy atom. The average Bonchev–Trinajstić information content (AvgIpc) is 2.36. The van der Waals surface area contributed by atoms with Gasteiger partial charge in [0.25, 0.3) is 0 Å². The minimum Gasteiger partial charge on any atom is -0.401 e. The predicted molar refractivity (Wildman–Crippen MR) is 61.9 cm³/mol. The van der Waals surface area contributed by atoms with Gasteiger partial charge in [-0.05, 0) is 6.92 Å². The molecule has 0 aliphatic heterocycles. The highest BCUT2D eigenvalue weighted by Gasteiger charge is 2.52. The van der Waals surface area contributed by atoms with Crippen molar-refractivity contribution in [2.45, 2.75) is 13.0 Å². The van der Waals surface area contributed by atoms with Gasteiger partial charge in [-0.25, -0.2) is 14.7 Å². The number of rotatable bonds is 10. The van der Waals surface area contributed by atoms with Crippen molar-refractivity contribution in [1.82, 2.24) is 0 Å². The Kier molecular flexibility index (Phi) is 9.08. The molecule has 0 saturated heterocycles. The first kappa shape index (κ1) is 17.4. The van der Waals surface area contributed by atoms with Crippen LogP contribution in [-0.4, -0.2) is 43.0 Å². The number of allylic oxidation sites excluding steroid dienone is 1. The number of hydrogen-bond acceptors (Lipinski definition) is 9. The first-order chi connectivity index (χ1) is 8.55. The summed E-state index contributed by atoms with van der Waals surface area (Å²) in [6.07, 6.45) is 1.66. The summed E-state index contributed by atoms with van der Waals surface area (Å²) in [6, 6.07) is -0.553. The van der Waals surface area contributed by atoms with E-state index in [2.05, 4.69) is 14.7 Å². The maximum Gasteiger partial charge on any atom is 0.764 e. The molecular weight excluding hydrogens is 264 g/mol. The fourth-order valence-corrected chi connectivity index (χ4v) is 2.15. The Morgan fingerprint density at radius 1 is 1.11 bits per heavy atom. The minimum atomic E-state index is -3.75. The van der Waals surface area contributed by atoms with Crippen LogP contribution in [0.25, 0.3) is 0 Å². The van der Waals surface area contributed by atoms with E-state index < -0.39 is 15.1 Å². The van der Waals surface area contributed by atoms with E-state index >= 15 is 0 Å². The lowest BCUT2D eigenvalue weighted by Crippen LogP contribution is -2.51. The summed E-state index contributed by atoms with van der Waals surface area (Å²) in [7, 11) is 0.0137. The molecule has 0 spiro atoms. The van der Waals surface area contributed by atoms with Gasteiger partial charge in [0.15, 0.2) is 0 Å². The van der Waals surface area contributed by atoms with Crippen LogP contribution in [0.2, 0.25) is 0 Å². The van der Waals surface area contributed by atoms with Crippen LogP contribution >= 0.6 is 0 Å². The van der Waals surface area contributed by atoms with Crippen molar-refractivity contribution in [2.75, 3.05) is 27.9 Å². The zero-order valence-corrected chi connectivity index (χ0v) is 11.9. The van der Waals surface area contributed by atoms with Crippen molar-refractivity contribution in [3.63, 3.8) is 0 Å². The lowest BCUT2D eigenvalue weighted by atomic mass is 10.2. The molecule has 0 aliphatic carbocycles. The maximum atomic E-state index is 5.74. The Balaban J connectivity index is 4.55. The highest BCUT2D eigenvalue weighted by molar-refractivity contribution is 6.52.